The number of nitrogens with one attached hydrogen (secondary N) is 2. The number of guanidine groups is 1. The third kappa shape index (κ3) is 4.18. The van der Waals surface area contributed by atoms with E-state index in [0.717, 1.165) is 32.1 Å². The number of aliphatic imine (C=N–C) groups is 1. The summed E-state index contributed by atoms with van der Waals surface area (Å²) in [6.07, 6.45) is 1.18. The predicted molar refractivity (Wildman–Crippen MR) is 105 cm³/mol. The molecule has 0 fully saturated rings. The van der Waals surface area contributed by atoms with Crippen molar-refractivity contribution >= 4 is 28.6 Å². The Balaban J connectivity index is 1.46. The van der Waals surface area contributed by atoms with Crippen molar-refractivity contribution < 1.29 is 0 Å². The third-order valence-electron chi connectivity index (χ3n) is 4.63. The summed E-state index contributed by atoms with van der Waals surface area (Å²) in [6, 6.07) is 4.92. The van der Waals surface area contributed by atoms with Crippen LogP contribution in [0.3, 0.4) is 0 Å². The number of thiophene rings is 2. The molecule has 0 bridgehead atoms. The van der Waals surface area contributed by atoms with Crippen LogP contribution < -0.4 is 10.6 Å². The van der Waals surface area contributed by atoms with Gasteiger partial charge in [-0.3, -0.25) is 9.89 Å². The lowest BCUT2D eigenvalue weighted by Gasteiger charge is -2.32. The van der Waals surface area contributed by atoms with Crippen LogP contribution in [-0.2, 0) is 19.5 Å². The number of nitrogens with zero attached hydrogens (tertiary/aromatic N) is 2. The molecule has 3 heterocycles. The van der Waals surface area contributed by atoms with Crippen LogP contribution in [0.4, 0.5) is 0 Å². The van der Waals surface area contributed by atoms with E-state index in [9.17, 15) is 0 Å². The maximum absolute atomic E-state index is 4.34. The van der Waals surface area contributed by atoms with E-state index in [0.29, 0.717) is 6.04 Å². The number of rotatable bonds is 5. The van der Waals surface area contributed by atoms with Gasteiger partial charge >= 0.3 is 0 Å². The van der Waals surface area contributed by atoms with Crippen molar-refractivity contribution in [3.05, 3.63) is 43.8 Å². The summed E-state index contributed by atoms with van der Waals surface area (Å²) in [5, 5.41) is 11.2. The molecular formula is C18H26N4S2. The van der Waals surface area contributed by atoms with E-state index in [-0.39, 0.29) is 0 Å². The molecule has 2 aromatic rings. The topological polar surface area (TPSA) is 39.7 Å². The minimum absolute atomic E-state index is 0.486. The van der Waals surface area contributed by atoms with Gasteiger partial charge in [0.25, 0.3) is 0 Å². The molecule has 1 atom stereocenters. The first-order valence-electron chi connectivity index (χ1n) is 8.44. The second-order valence-corrected chi connectivity index (χ2v) is 8.27. The van der Waals surface area contributed by atoms with Gasteiger partial charge in [-0.15, -0.1) is 22.7 Å². The monoisotopic (exact) mass is 362 g/mol. The molecule has 6 heteroatoms. The molecule has 1 aliphatic rings. The summed E-state index contributed by atoms with van der Waals surface area (Å²) in [5.74, 6) is 0.878. The second kappa shape index (κ2) is 8.14. The van der Waals surface area contributed by atoms with Crippen LogP contribution in [0.25, 0.3) is 0 Å². The van der Waals surface area contributed by atoms with Crippen LogP contribution in [0.1, 0.15) is 27.8 Å². The van der Waals surface area contributed by atoms with Crippen LogP contribution in [0, 0.1) is 6.92 Å². The van der Waals surface area contributed by atoms with Gasteiger partial charge in [-0.2, -0.15) is 0 Å². The molecule has 0 saturated heterocycles. The van der Waals surface area contributed by atoms with Gasteiger partial charge in [0.1, 0.15) is 0 Å². The van der Waals surface area contributed by atoms with Crippen LogP contribution >= 0.6 is 22.7 Å². The van der Waals surface area contributed by atoms with E-state index in [4.69, 9.17) is 0 Å². The molecule has 0 radical (unpaired) electrons. The SMILES string of the molecule is CN=C(NCc1sccc1C)NCC(C)N1CCc2sccc2C1. The fourth-order valence-corrected chi connectivity index (χ4v) is 4.73. The van der Waals surface area contributed by atoms with Gasteiger partial charge in [-0.1, -0.05) is 0 Å². The fraction of sp³-hybridized carbons (Fsp3) is 0.500. The molecule has 1 unspecified atom stereocenters. The van der Waals surface area contributed by atoms with E-state index in [1.165, 1.54) is 22.4 Å². The van der Waals surface area contributed by atoms with Crippen molar-refractivity contribution in [1.29, 1.82) is 0 Å². The Morgan fingerprint density at radius 1 is 1.29 bits per heavy atom. The van der Waals surface area contributed by atoms with Gasteiger partial charge in [0.15, 0.2) is 5.96 Å². The highest BCUT2D eigenvalue weighted by Gasteiger charge is 2.21. The lowest BCUT2D eigenvalue weighted by molar-refractivity contribution is 0.192. The van der Waals surface area contributed by atoms with Gasteiger partial charge in [0.05, 0.1) is 6.54 Å². The van der Waals surface area contributed by atoms with Crippen molar-refractivity contribution in [3.8, 4) is 0 Å². The summed E-state index contributed by atoms with van der Waals surface area (Å²) in [5.41, 5.74) is 2.85. The van der Waals surface area contributed by atoms with Gasteiger partial charge in [0.2, 0.25) is 0 Å². The molecule has 24 heavy (non-hydrogen) atoms. The third-order valence-corrected chi connectivity index (χ3v) is 6.68. The number of hydrogen-bond donors (Lipinski definition) is 2. The maximum Gasteiger partial charge on any atom is 0.191 e. The zero-order valence-electron chi connectivity index (χ0n) is 14.6. The standard InChI is InChI=1S/C18H26N4S2/c1-13-5-8-24-17(13)11-21-18(19-3)20-10-14(2)22-7-4-16-15(12-22)6-9-23-16/h5-6,8-9,14H,4,7,10-12H2,1-3H3,(H2,19,20,21). The van der Waals surface area contributed by atoms with Crippen molar-refractivity contribution in [2.45, 2.75) is 39.4 Å². The molecule has 130 valence electrons. The van der Waals surface area contributed by atoms with Gasteiger partial charge in [-0.25, -0.2) is 0 Å². The number of aryl methyl sites for hydroxylation is 1. The zero-order chi connectivity index (χ0) is 16.9. The molecule has 4 nitrogen and oxygen atoms in total. The first kappa shape index (κ1) is 17.5. The van der Waals surface area contributed by atoms with Crippen LogP contribution in [0.2, 0.25) is 0 Å². The quantitative estimate of drug-likeness (QED) is 0.634. The van der Waals surface area contributed by atoms with Crippen LogP contribution in [-0.4, -0.2) is 37.0 Å². The van der Waals surface area contributed by atoms with Crippen molar-refractivity contribution in [2.24, 2.45) is 4.99 Å². The van der Waals surface area contributed by atoms with E-state index >= 15 is 0 Å². The smallest absolute Gasteiger partial charge is 0.191 e. The first-order valence-corrected chi connectivity index (χ1v) is 10.2. The van der Waals surface area contributed by atoms with Crippen molar-refractivity contribution in [2.75, 3.05) is 20.1 Å². The molecule has 3 rings (SSSR count). The summed E-state index contributed by atoms with van der Waals surface area (Å²) in [4.78, 5) is 9.83. The van der Waals surface area contributed by atoms with E-state index in [1.54, 1.807) is 16.2 Å². The normalized spacial score (nSPS) is 16.7. The average molecular weight is 363 g/mol. The molecule has 0 amide bonds. The highest BCUT2D eigenvalue weighted by molar-refractivity contribution is 7.10. The Hall–Kier alpha value is -1.37. The molecule has 1 aliphatic heterocycles. The van der Waals surface area contributed by atoms with Crippen molar-refractivity contribution in [3.63, 3.8) is 0 Å². The van der Waals surface area contributed by atoms with Crippen molar-refractivity contribution in [1.82, 2.24) is 15.5 Å². The Labute approximate surface area is 152 Å². The molecular weight excluding hydrogens is 336 g/mol. The minimum atomic E-state index is 0.486. The number of fused-ring (bicyclic) bond motifs is 1. The second-order valence-electron chi connectivity index (χ2n) is 6.27. The summed E-state index contributed by atoms with van der Waals surface area (Å²) in [7, 11) is 1.83. The molecule has 2 N–H and O–H groups in total. The summed E-state index contributed by atoms with van der Waals surface area (Å²) in [6.45, 7) is 8.41. The highest BCUT2D eigenvalue weighted by atomic mass is 32.1. The van der Waals surface area contributed by atoms with E-state index in [1.807, 2.05) is 18.4 Å². The Bertz CT molecular complexity index is 689. The molecule has 0 spiro atoms. The maximum atomic E-state index is 4.34. The summed E-state index contributed by atoms with van der Waals surface area (Å²) < 4.78 is 0. The van der Waals surface area contributed by atoms with E-state index in [2.05, 4.69) is 57.3 Å². The average Bonchev–Trinajstić information content (AvgIpc) is 3.22. The highest BCUT2D eigenvalue weighted by Crippen LogP contribution is 2.24. The zero-order valence-corrected chi connectivity index (χ0v) is 16.3. The molecule has 0 saturated carbocycles. The van der Waals surface area contributed by atoms with E-state index < -0.39 is 0 Å². The van der Waals surface area contributed by atoms with Gasteiger partial charge < -0.3 is 10.6 Å². The lowest BCUT2D eigenvalue weighted by Crippen LogP contribution is -2.47. The van der Waals surface area contributed by atoms with Crippen LogP contribution in [0.15, 0.2) is 27.9 Å². The lowest BCUT2D eigenvalue weighted by atomic mass is 10.1. The largest absolute Gasteiger partial charge is 0.355 e. The molecule has 0 aliphatic carbocycles. The molecule has 2 aromatic heterocycles. The van der Waals surface area contributed by atoms with Gasteiger partial charge in [0, 0.05) is 42.5 Å². The predicted octanol–water partition coefficient (Wildman–Crippen LogP) is 3.23. The Kier molecular flexibility index (Phi) is 5.92. The molecule has 0 aromatic carbocycles. The Morgan fingerprint density at radius 2 is 2.12 bits per heavy atom. The first-order chi connectivity index (χ1) is 11.7. The fourth-order valence-electron chi connectivity index (χ4n) is 2.99. The van der Waals surface area contributed by atoms with Crippen LogP contribution in [0.5, 0.6) is 0 Å². The minimum Gasteiger partial charge on any atom is -0.355 e. The Morgan fingerprint density at radius 3 is 2.88 bits per heavy atom. The summed E-state index contributed by atoms with van der Waals surface area (Å²) >= 11 is 3.69. The van der Waals surface area contributed by atoms with Gasteiger partial charge in [-0.05, 0) is 54.3 Å². The number of hydrogen-bond acceptors (Lipinski definition) is 4.